The van der Waals surface area contributed by atoms with Crippen LogP contribution in [0.3, 0.4) is 0 Å². The number of hydrogen-bond acceptors (Lipinski definition) is 3. The molecule has 106 valence electrons. The normalized spacial score (nSPS) is 15.7. The molecule has 3 rings (SSSR count). The van der Waals surface area contributed by atoms with Crippen LogP contribution in [0.5, 0.6) is 5.75 Å². The molecule has 1 aromatic heterocycles. The fraction of sp³-hybridized carbons (Fsp3) is 0.438. The fourth-order valence-corrected chi connectivity index (χ4v) is 2.68. The minimum Gasteiger partial charge on any atom is -0.490 e. The van der Waals surface area contributed by atoms with Gasteiger partial charge < -0.3 is 15.0 Å². The van der Waals surface area contributed by atoms with E-state index < -0.39 is 0 Å². The third-order valence-electron chi connectivity index (χ3n) is 3.74. The number of H-pyrrole nitrogens is 1. The van der Waals surface area contributed by atoms with Crippen LogP contribution in [-0.4, -0.2) is 23.1 Å². The van der Waals surface area contributed by atoms with Crippen LogP contribution in [0.15, 0.2) is 30.5 Å². The first-order valence-corrected chi connectivity index (χ1v) is 7.31. The van der Waals surface area contributed by atoms with Crippen LogP contribution in [-0.2, 0) is 6.54 Å². The van der Waals surface area contributed by atoms with Crippen molar-refractivity contribution in [1.29, 1.82) is 0 Å². The van der Waals surface area contributed by atoms with Gasteiger partial charge in [0, 0.05) is 0 Å². The molecule has 0 atom stereocenters. The molecule has 4 heteroatoms. The molecule has 0 radical (unpaired) electrons. The highest BCUT2D eigenvalue weighted by atomic mass is 16.5. The summed E-state index contributed by atoms with van der Waals surface area (Å²) in [6.07, 6.45) is 7.26. The van der Waals surface area contributed by atoms with Crippen molar-refractivity contribution in [2.75, 3.05) is 7.05 Å². The molecule has 0 aliphatic heterocycles. The van der Waals surface area contributed by atoms with E-state index in [4.69, 9.17) is 4.74 Å². The number of hydrogen-bond donors (Lipinski definition) is 2. The quantitative estimate of drug-likeness (QED) is 0.878. The number of nitrogens with one attached hydrogen (secondary N) is 2. The second-order valence-electron chi connectivity index (χ2n) is 5.32. The third-order valence-corrected chi connectivity index (χ3v) is 3.74. The van der Waals surface area contributed by atoms with Crippen molar-refractivity contribution in [1.82, 2.24) is 15.3 Å². The lowest BCUT2D eigenvalue weighted by Gasteiger charge is -2.13. The number of rotatable bonds is 5. The Morgan fingerprint density at radius 2 is 2.00 bits per heavy atom. The molecule has 0 unspecified atom stereocenters. The van der Waals surface area contributed by atoms with Gasteiger partial charge in [-0.2, -0.15) is 0 Å². The van der Waals surface area contributed by atoms with Crippen molar-refractivity contribution in [3.8, 4) is 17.0 Å². The molecule has 4 nitrogen and oxygen atoms in total. The van der Waals surface area contributed by atoms with Crippen molar-refractivity contribution >= 4 is 0 Å². The van der Waals surface area contributed by atoms with Gasteiger partial charge in [0.05, 0.1) is 24.5 Å². The summed E-state index contributed by atoms with van der Waals surface area (Å²) in [6.45, 7) is 0.753. The van der Waals surface area contributed by atoms with Gasteiger partial charge in [-0.3, -0.25) is 0 Å². The zero-order chi connectivity index (χ0) is 13.8. The zero-order valence-corrected chi connectivity index (χ0v) is 11.9. The highest BCUT2D eigenvalue weighted by Crippen LogP contribution is 2.26. The van der Waals surface area contributed by atoms with E-state index in [0.29, 0.717) is 6.10 Å². The van der Waals surface area contributed by atoms with Crippen LogP contribution in [0.1, 0.15) is 31.5 Å². The number of benzene rings is 1. The maximum Gasteiger partial charge on any atom is 0.120 e. The molecule has 1 aliphatic rings. The first-order valence-electron chi connectivity index (χ1n) is 7.31. The monoisotopic (exact) mass is 271 g/mol. The number of aromatic amines is 1. The number of imidazole rings is 1. The van der Waals surface area contributed by atoms with Gasteiger partial charge in [0.1, 0.15) is 11.6 Å². The van der Waals surface area contributed by atoms with Crippen molar-refractivity contribution in [3.05, 3.63) is 36.3 Å². The molecule has 0 amide bonds. The standard InChI is InChI=1S/C16H21N3O/c1-17-11-16-18-10-15(19-16)12-6-8-14(9-7-12)20-13-4-2-3-5-13/h6-10,13,17H,2-5,11H2,1H3,(H,18,19). The van der Waals surface area contributed by atoms with Crippen LogP contribution < -0.4 is 10.1 Å². The lowest BCUT2D eigenvalue weighted by Crippen LogP contribution is -2.10. The Balaban J connectivity index is 1.68. The average molecular weight is 271 g/mol. The van der Waals surface area contributed by atoms with E-state index in [-0.39, 0.29) is 0 Å². The second kappa shape index (κ2) is 6.09. The van der Waals surface area contributed by atoms with Gasteiger partial charge in [-0.25, -0.2) is 4.98 Å². The smallest absolute Gasteiger partial charge is 0.120 e. The highest BCUT2D eigenvalue weighted by Gasteiger charge is 2.16. The number of aromatic nitrogens is 2. The summed E-state index contributed by atoms with van der Waals surface area (Å²) >= 11 is 0. The molecule has 0 spiro atoms. The zero-order valence-electron chi connectivity index (χ0n) is 11.9. The van der Waals surface area contributed by atoms with Gasteiger partial charge in [-0.1, -0.05) is 0 Å². The Bertz CT molecular complexity index is 541. The molecule has 1 aliphatic carbocycles. The average Bonchev–Trinajstić information content (AvgIpc) is 3.12. The van der Waals surface area contributed by atoms with Gasteiger partial charge in [-0.15, -0.1) is 0 Å². The maximum atomic E-state index is 5.97. The largest absolute Gasteiger partial charge is 0.490 e. The van der Waals surface area contributed by atoms with Crippen LogP contribution in [0.25, 0.3) is 11.3 Å². The van der Waals surface area contributed by atoms with Crippen LogP contribution in [0.2, 0.25) is 0 Å². The van der Waals surface area contributed by atoms with Gasteiger partial charge in [0.25, 0.3) is 0 Å². The van der Waals surface area contributed by atoms with Gasteiger partial charge in [-0.05, 0) is 62.6 Å². The Morgan fingerprint density at radius 1 is 1.25 bits per heavy atom. The van der Waals surface area contributed by atoms with Crippen LogP contribution in [0, 0.1) is 0 Å². The molecule has 1 heterocycles. The SMILES string of the molecule is CNCc1ncc(-c2ccc(OC3CCCC3)cc2)[nH]1. The lowest BCUT2D eigenvalue weighted by atomic mass is 10.1. The summed E-state index contributed by atoms with van der Waals surface area (Å²) < 4.78 is 5.97. The molecule has 2 aromatic rings. The molecule has 1 saturated carbocycles. The van der Waals surface area contributed by atoms with E-state index in [0.717, 1.165) is 29.4 Å². The summed E-state index contributed by atoms with van der Waals surface area (Å²) in [7, 11) is 1.91. The van der Waals surface area contributed by atoms with E-state index in [1.54, 1.807) is 0 Å². The van der Waals surface area contributed by atoms with E-state index in [9.17, 15) is 0 Å². The summed E-state index contributed by atoms with van der Waals surface area (Å²) in [4.78, 5) is 7.65. The predicted molar refractivity (Wildman–Crippen MR) is 79.7 cm³/mol. The summed E-state index contributed by atoms with van der Waals surface area (Å²) in [5.41, 5.74) is 2.18. The van der Waals surface area contributed by atoms with E-state index in [2.05, 4.69) is 27.4 Å². The van der Waals surface area contributed by atoms with Crippen molar-refractivity contribution in [2.24, 2.45) is 0 Å². The Hall–Kier alpha value is -1.81. The van der Waals surface area contributed by atoms with Gasteiger partial charge >= 0.3 is 0 Å². The van der Waals surface area contributed by atoms with E-state index >= 15 is 0 Å². The molecule has 2 N–H and O–H groups in total. The minimum absolute atomic E-state index is 0.412. The molecule has 20 heavy (non-hydrogen) atoms. The second-order valence-corrected chi connectivity index (χ2v) is 5.32. The van der Waals surface area contributed by atoms with Gasteiger partial charge in [0.2, 0.25) is 0 Å². The van der Waals surface area contributed by atoms with Gasteiger partial charge in [0.15, 0.2) is 0 Å². The summed E-state index contributed by atoms with van der Waals surface area (Å²) in [6, 6.07) is 8.26. The molecular weight excluding hydrogens is 250 g/mol. The Kier molecular flexibility index (Phi) is 4.02. The van der Waals surface area contributed by atoms with Crippen LogP contribution in [0.4, 0.5) is 0 Å². The first kappa shape index (κ1) is 13.2. The molecule has 0 saturated heterocycles. The Labute approximate surface area is 119 Å². The first-order chi connectivity index (χ1) is 9.85. The van der Waals surface area contributed by atoms with Crippen LogP contribution >= 0.6 is 0 Å². The molecule has 0 bridgehead atoms. The minimum atomic E-state index is 0.412. The van der Waals surface area contributed by atoms with Crippen molar-refractivity contribution in [2.45, 2.75) is 38.3 Å². The fourth-order valence-electron chi connectivity index (χ4n) is 2.68. The summed E-state index contributed by atoms with van der Waals surface area (Å²) in [5, 5.41) is 3.08. The summed E-state index contributed by atoms with van der Waals surface area (Å²) in [5.74, 6) is 1.92. The predicted octanol–water partition coefficient (Wildman–Crippen LogP) is 3.12. The van der Waals surface area contributed by atoms with Crippen molar-refractivity contribution in [3.63, 3.8) is 0 Å². The topological polar surface area (TPSA) is 49.9 Å². The molecule has 1 aromatic carbocycles. The number of ether oxygens (including phenoxy) is 1. The highest BCUT2D eigenvalue weighted by molar-refractivity contribution is 5.59. The third kappa shape index (κ3) is 3.02. The number of nitrogens with zero attached hydrogens (tertiary/aromatic N) is 1. The van der Waals surface area contributed by atoms with E-state index in [1.807, 2.05) is 25.4 Å². The maximum absolute atomic E-state index is 5.97. The molecular formula is C16H21N3O. The lowest BCUT2D eigenvalue weighted by molar-refractivity contribution is 0.210. The van der Waals surface area contributed by atoms with E-state index in [1.165, 1.54) is 25.7 Å². The van der Waals surface area contributed by atoms with Crippen molar-refractivity contribution < 1.29 is 4.74 Å². The Morgan fingerprint density at radius 3 is 2.70 bits per heavy atom. The molecule has 1 fully saturated rings.